The number of phenolic OH excluding ortho intramolecular Hbond substituents is 1. The summed E-state index contributed by atoms with van der Waals surface area (Å²) in [6.45, 7) is 0. The van der Waals surface area contributed by atoms with Crippen LogP contribution in [0.1, 0.15) is 39.3 Å². The maximum Gasteiger partial charge on any atom is 0.116 e. The van der Waals surface area contributed by atoms with E-state index in [4.69, 9.17) is 0 Å². The van der Waals surface area contributed by atoms with Crippen LogP contribution in [0.2, 0.25) is 0 Å². The second-order valence-electron chi connectivity index (χ2n) is 17.4. The van der Waals surface area contributed by atoms with Gasteiger partial charge >= 0.3 is 0 Å². The number of hydrogen-bond donors (Lipinski definition) is 2. The Hall–Kier alpha value is -8.14. The van der Waals surface area contributed by atoms with Gasteiger partial charge in [0.2, 0.25) is 0 Å². The molecule has 1 aromatic heterocycles. The Labute approximate surface area is 372 Å². The number of benzene rings is 9. The van der Waals surface area contributed by atoms with E-state index in [9.17, 15) is 5.11 Å². The molecule has 302 valence electrons. The van der Waals surface area contributed by atoms with Crippen LogP contribution in [0.4, 0.5) is 5.69 Å². The SMILES string of the molecule is Oc1ccc2c(c1)c1cc(C3=CC(c4ccc5c(c4)C4(c6ccccc6-c6ccccc64)c4ccccc4-5)C(Nc4ccc(-c5ccccc5)cc4)C=C3)ccc1n2-c1ccccc1. The fourth-order valence-electron chi connectivity index (χ4n) is 11.3. The molecule has 3 aliphatic carbocycles. The minimum atomic E-state index is -0.425. The predicted octanol–water partition coefficient (Wildman–Crippen LogP) is 14.7. The van der Waals surface area contributed by atoms with E-state index in [0.29, 0.717) is 0 Å². The first-order chi connectivity index (χ1) is 31.6. The van der Waals surface area contributed by atoms with Crippen molar-refractivity contribution in [2.24, 2.45) is 0 Å². The number of nitrogens with one attached hydrogen (secondary N) is 1. The molecule has 0 saturated heterocycles. The van der Waals surface area contributed by atoms with Crippen LogP contribution in [0.25, 0.3) is 66.4 Å². The Balaban J connectivity index is 0.975. The lowest BCUT2D eigenvalue weighted by atomic mass is 9.70. The topological polar surface area (TPSA) is 37.2 Å². The number of phenols is 1. The Morgan fingerprint density at radius 2 is 1.00 bits per heavy atom. The molecule has 2 atom stereocenters. The molecule has 0 saturated carbocycles. The van der Waals surface area contributed by atoms with Crippen molar-refractivity contribution in [1.82, 2.24) is 4.57 Å². The first-order valence-electron chi connectivity index (χ1n) is 22.2. The van der Waals surface area contributed by atoms with Gasteiger partial charge in [0.05, 0.1) is 22.5 Å². The van der Waals surface area contributed by atoms with Crippen LogP contribution >= 0.6 is 0 Å². The van der Waals surface area contributed by atoms with Crippen molar-refractivity contribution in [3.05, 3.63) is 264 Å². The number of aromatic nitrogens is 1. The number of hydrogen-bond acceptors (Lipinski definition) is 2. The van der Waals surface area contributed by atoms with Crippen molar-refractivity contribution in [3.8, 4) is 44.8 Å². The average molecular weight is 819 g/mol. The molecule has 0 fully saturated rings. The maximum absolute atomic E-state index is 10.7. The third kappa shape index (κ3) is 5.41. The van der Waals surface area contributed by atoms with E-state index in [1.165, 1.54) is 66.8 Å². The quantitative estimate of drug-likeness (QED) is 0.175. The Morgan fingerprint density at radius 1 is 0.453 bits per heavy atom. The molecule has 13 rings (SSSR count). The molecule has 3 heteroatoms. The van der Waals surface area contributed by atoms with E-state index in [-0.39, 0.29) is 17.7 Å². The molecule has 2 N–H and O–H groups in total. The van der Waals surface area contributed by atoms with Gasteiger partial charge in [0, 0.05) is 28.1 Å². The van der Waals surface area contributed by atoms with Crippen LogP contribution in [-0.4, -0.2) is 15.7 Å². The third-order valence-electron chi connectivity index (χ3n) is 14.1. The molecular formula is C61H42N2O. The van der Waals surface area contributed by atoms with Gasteiger partial charge in [-0.2, -0.15) is 0 Å². The van der Waals surface area contributed by atoms with Gasteiger partial charge in [-0.3, -0.25) is 0 Å². The second kappa shape index (κ2) is 14.2. The van der Waals surface area contributed by atoms with E-state index in [0.717, 1.165) is 38.7 Å². The molecule has 9 aromatic carbocycles. The summed E-state index contributed by atoms with van der Waals surface area (Å²) in [5, 5.41) is 16.8. The molecule has 3 nitrogen and oxygen atoms in total. The van der Waals surface area contributed by atoms with Gasteiger partial charge in [-0.05, 0) is 127 Å². The minimum absolute atomic E-state index is 0.00263. The second-order valence-corrected chi connectivity index (χ2v) is 17.4. The smallest absolute Gasteiger partial charge is 0.116 e. The lowest BCUT2D eigenvalue weighted by Crippen LogP contribution is -2.28. The van der Waals surface area contributed by atoms with Crippen molar-refractivity contribution in [2.75, 3.05) is 5.32 Å². The number of anilines is 1. The van der Waals surface area contributed by atoms with Crippen molar-refractivity contribution < 1.29 is 5.11 Å². The molecule has 64 heavy (non-hydrogen) atoms. The van der Waals surface area contributed by atoms with E-state index in [2.05, 4.69) is 216 Å². The van der Waals surface area contributed by atoms with Crippen LogP contribution in [0, 0.1) is 0 Å². The average Bonchev–Trinajstić information content (AvgIpc) is 3.96. The fraction of sp³-hybridized carbons (Fsp3) is 0.0492. The highest BCUT2D eigenvalue weighted by Crippen LogP contribution is 2.63. The summed E-state index contributed by atoms with van der Waals surface area (Å²) < 4.78 is 2.29. The summed E-state index contributed by atoms with van der Waals surface area (Å²) in [6.07, 6.45) is 7.11. The largest absolute Gasteiger partial charge is 0.508 e. The van der Waals surface area contributed by atoms with E-state index in [1.807, 2.05) is 18.2 Å². The normalized spacial score (nSPS) is 16.3. The zero-order chi connectivity index (χ0) is 42.4. The Morgan fingerprint density at radius 3 is 1.67 bits per heavy atom. The highest BCUT2D eigenvalue weighted by molar-refractivity contribution is 6.11. The highest BCUT2D eigenvalue weighted by atomic mass is 16.3. The molecule has 2 unspecified atom stereocenters. The van der Waals surface area contributed by atoms with Gasteiger partial charge in [0.25, 0.3) is 0 Å². The number of fused-ring (bicyclic) bond motifs is 13. The van der Waals surface area contributed by atoms with Crippen LogP contribution in [-0.2, 0) is 5.41 Å². The van der Waals surface area contributed by atoms with Gasteiger partial charge in [0.15, 0.2) is 0 Å². The summed E-state index contributed by atoms with van der Waals surface area (Å²) in [5.41, 5.74) is 20.5. The summed E-state index contributed by atoms with van der Waals surface area (Å²) >= 11 is 0. The van der Waals surface area contributed by atoms with Crippen LogP contribution in [0.5, 0.6) is 5.75 Å². The van der Waals surface area contributed by atoms with Gasteiger partial charge in [-0.1, -0.05) is 176 Å². The fourth-order valence-corrected chi connectivity index (χ4v) is 11.3. The third-order valence-corrected chi connectivity index (χ3v) is 14.1. The monoisotopic (exact) mass is 818 g/mol. The summed E-state index contributed by atoms with van der Waals surface area (Å²) in [5.74, 6) is 0.258. The molecule has 0 aliphatic heterocycles. The lowest BCUT2D eigenvalue weighted by Gasteiger charge is -2.32. The number of aromatic hydroxyl groups is 1. The Bertz CT molecular complexity index is 3480. The number of nitrogens with zero attached hydrogens (tertiary/aromatic N) is 1. The molecule has 1 heterocycles. The van der Waals surface area contributed by atoms with Crippen LogP contribution in [0.15, 0.2) is 231 Å². The van der Waals surface area contributed by atoms with E-state index >= 15 is 0 Å². The van der Waals surface area contributed by atoms with Crippen molar-refractivity contribution in [3.63, 3.8) is 0 Å². The molecular weight excluding hydrogens is 777 g/mol. The molecule has 0 radical (unpaired) electrons. The number of para-hydroxylation sites is 1. The molecule has 0 bridgehead atoms. The molecule has 3 aliphatic rings. The first-order valence-corrected chi connectivity index (χ1v) is 22.2. The van der Waals surface area contributed by atoms with Crippen molar-refractivity contribution in [2.45, 2.75) is 17.4 Å². The standard InChI is InChI=1S/C61H42N2O/c64-46-30-34-60-53(38-46)52-36-42(27-33-59(52)63(60)45-15-5-2-6-16-45)41-26-32-58(62-44-28-23-40(24-29-44)39-13-3-1-4-14-39)51(35-41)43-25-31-50-49-19-9-12-22-56(49)61(57(50)37-43)54-20-10-7-17-47(54)48-18-8-11-21-55(48)61/h1-38,51,58,62,64H. The van der Waals surface area contributed by atoms with Crippen molar-refractivity contribution in [1.29, 1.82) is 0 Å². The lowest BCUT2D eigenvalue weighted by molar-refractivity contribution is 0.476. The van der Waals surface area contributed by atoms with Gasteiger partial charge in [-0.15, -0.1) is 0 Å². The zero-order valence-corrected chi connectivity index (χ0v) is 35.0. The van der Waals surface area contributed by atoms with Gasteiger partial charge in [0.1, 0.15) is 5.75 Å². The summed E-state index contributed by atoms with van der Waals surface area (Å²) in [6, 6.07) is 76.7. The van der Waals surface area contributed by atoms with E-state index in [1.54, 1.807) is 6.07 Å². The zero-order valence-electron chi connectivity index (χ0n) is 35.0. The first kappa shape index (κ1) is 36.5. The molecule has 10 aromatic rings. The van der Waals surface area contributed by atoms with E-state index < -0.39 is 5.41 Å². The number of allylic oxidation sites excluding steroid dienone is 2. The minimum Gasteiger partial charge on any atom is -0.508 e. The summed E-state index contributed by atoms with van der Waals surface area (Å²) in [4.78, 5) is 0. The van der Waals surface area contributed by atoms with Gasteiger partial charge < -0.3 is 15.0 Å². The van der Waals surface area contributed by atoms with Crippen LogP contribution in [0.3, 0.4) is 0 Å². The van der Waals surface area contributed by atoms with Crippen molar-refractivity contribution >= 4 is 33.1 Å². The highest BCUT2D eigenvalue weighted by Gasteiger charge is 2.51. The molecule has 0 amide bonds. The van der Waals surface area contributed by atoms with Gasteiger partial charge in [-0.25, -0.2) is 0 Å². The molecule has 1 spiro atoms. The maximum atomic E-state index is 10.7. The predicted molar refractivity (Wildman–Crippen MR) is 264 cm³/mol. The summed E-state index contributed by atoms with van der Waals surface area (Å²) in [7, 11) is 0. The number of rotatable bonds is 6. The van der Waals surface area contributed by atoms with Crippen LogP contribution < -0.4 is 5.32 Å². The Kier molecular flexibility index (Phi) is 8.10.